The minimum atomic E-state index is -5.22. The molecule has 118 valence electrons. The average Bonchev–Trinajstić information content (AvgIpc) is 2.36. The molecule has 0 saturated carbocycles. The number of halogens is 5. The summed E-state index contributed by atoms with van der Waals surface area (Å²) >= 11 is 0. The Bertz CT molecular complexity index is 519. The number of ether oxygens (including phenoxy) is 2. The first-order chi connectivity index (χ1) is 9.71. The molecule has 5 nitrogen and oxygen atoms in total. The molecule has 1 rings (SSSR count). The van der Waals surface area contributed by atoms with Gasteiger partial charge in [-0.3, -0.25) is 0 Å². The molecule has 1 heterocycles. The molecule has 0 unspecified atom stereocenters. The minimum absolute atomic E-state index is 0.155. The number of rotatable bonds is 5. The topological polar surface area (TPSA) is 74.4 Å². The summed E-state index contributed by atoms with van der Waals surface area (Å²) < 4.78 is 71.2. The van der Waals surface area contributed by atoms with Crippen LogP contribution in [0.5, 0.6) is 5.75 Å². The molecule has 0 saturated heterocycles. The molecular formula is C11H11F5N2O3. The fraction of sp³-hybridized carbons (Fsp3) is 0.455. The maximum absolute atomic E-state index is 13.0. The van der Waals surface area contributed by atoms with Crippen LogP contribution in [0, 0.1) is 0 Å². The van der Waals surface area contributed by atoms with Crippen molar-refractivity contribution in [2.75, 3.05) is 6.61 Å². The quantitative estimate of drug-likeness (QED) is 0.668. The van der Waals surface area contributed by atoms with Crippen molar-refractivity contribution in [2.45, 2.75) is 26.3 Å². The van der Waals surface area contributed by atoms with E-state index in [2.05, 4.69) is 14.5 Å². The van der Waals surface area contributed by atoms with Gasteiger partial charge in [-0.1, -0.05) is 0 Å². The molecule has 0 aliphatic heterocycles. The first kappa shape index (κ1) is 17.1. The van der Waals surface area contributed by atoms with Crippen molar-refractivity contribution in [1.82, 2.24) is 4.98 Å². The van der Waals surface area contributed by atoms with Crippen LogP contribution in [-0.4, -0.2) is 23.9 Å². The predicted molar refractivity (Wildman–Crippen MR) is 59.7 cm³/mol. The van der Waals surface area contributed by atoms with Gasteiger partial charge in [-0.2, -0.15) is 0 Å². The van der Waals surface area contributed by atoms with E-state index in [0.29, 0.717) is 0 Å². The minimum Gasteiger partial charge on any atom is -0.461 e. The highest BCUT2D eigenvalue weighted by Crippen LogP contribution is 2.37. The Morgan fingerprint density at radius 3 is 2.48 bits per heavy atom. The van der Waals surface area contributed by atoms with E-state index in [1.54, 1.807) is 0 Å². The highest BCUT2D eigenvalue weighted by molar-refractivity contribution is 5.90. The van der Waals surface area contributed by atoms with Crippen LogP contribution in [0.4, 0.5) is 22.0 Å². The van der Waals surface area contributed by atoms with Gasteiger partial charge in [0.05, 0.1) is 12.2 Å². The van der Waals surface area contributed by atoms with Gasteiger partial charge < -0.3 is 15.2 Å². The number of nitrogens with two attached hydrogens (primary N) is 1. The van der Waals surface area contributed by atoms with Gasteiger partial charge in [-0.25, -0.2) is 18.6 Å². The molecule has 0 aliphatic carbocycles. The van der Waals surface area contributed by atoms with Gasteiger partial charge in [0, 0.05) is 18.3 Å². The lowest BCUT2D eigenvalue weighted by atomic mass is 10.1. The van der Waals surface area contributed by atoms with Crippen molar-refractivity contribution in [3.05, 3.63) is 23.0 Å². The fourth-order valence-corrected chi connectivity index (χ4v) is 1.50. The summed E-state index contributed by atoms with van der Waals surface area (Å²) in [5, 5.41) is 0. The normalized spacial score (nSPS) is 11.6. The molecule has 0 aliphatic rings. The van der Waals surface area contributed by atoms with E-state index in [1.165, 1.54) is 6.92 Å². The number of pyridine rings is 1. The Hall–Kier alpha value is -1.97. The van der Waals surface area contributed by atoms with Gasteiger partial charge in [-0.15, -0.1) is 13.2 Å². The Labute approximate surface area is 115 Å². The fourth-order valence-electron chi connectivity index (χ4n) is 1.50. The summed E-state index contributed by atoms with van der Waals surface area (Å²) in [5.41, 5.74) is 2.53. The predicted octanol–water partition coefficient (Wildman–Crippen LogP) is 2.55. The van der Waals surface area contributed by atoms with Crippen LogP contribution >= 0.6 is 0 Å². The van der Waals surface area contributed by atoms with Gasteiger partial charge >= 0.3 is 12.3 Å². The van der Waals surface area contributed by atoms with Crippen molar-refractivity contribution in [3.63, 3.8) is 0 Å². The van der Waals surface area contributed by atoms with E-state index >= 15 is 0 Å². The van der Waals surface area contributed by atoms with Crippen LogP contribution in [0.3, 0.4) is 0 Å². The van der Waals surface area contributed by atoms with E-state index in [-0.39, 0.29) is 6.61 Å². The molecule has 0 aromatic carbocycles. The molecule has 0 atom stereocenters. The maximum Gasteiger partial charge on any atom is 0.573 e. The smallest absolute Gasteiger partial charge is 0.461 e. The van der Waals surface area contributed by atoms with Crippen molar-refractivity contribution < 1.29 is 36.2 Å². The third-order valence-corrected chi connectivity index (χ3v) is 2.27. The molecule has 21 heavy (non-hydrogen) atoms. The second-order valence-electron chi connectivity index (χ2n) is 3.65. The highest BCUT2D eigenvalue weighted by Gasteiger charge is 2.37. The van der Waals surface area contributed by atoms with Crippen molar-refractivity contribution >= 4 is 5.97 Å². The number of esters is 1. The van der Waals surface area contributed by atoms with Crippen LogP contribution in [-0.2, 0) is 11.3 Å². The number of carbonyl (C=O) groups excluding carboxylic acids is 1. The molecule has 2 N–H and O–H groups in total. The number of carbonyl (C=O) groups is 1. The summed E-state index contributed by atoms with van der Waals surface area (Å²) in [7, 11) is 0. The molecule has 0 spiro atoms. The number of hydrogen-bond donors (Lipinski definition) is 1. The summed E-state index contributed by atoms with van der Waals surface area (Å²) in [6, 6.07) is 0. The number of nitrogens with zero attached hydrogens (tertiary/aromatic N) is 1. The molecular weight excluding hydrogens is 303 g/mol. The van der Waals surface area contributed by atoms with Gasteiger partial charge in [-0.05, 0) is 6.92 Å². The zero-order chi connectivity index (χ0) is 16.2. The van der Waals surface area contributed by atoms with Gasteiger partial charge in [0.25, 0.3) is 6.43 Å². The van der Waals surface area contributed by atoms with E-state index in [4.69, 9.17) is 5.73 Å². The zero-order valence-corrected chi connectivity index (χ0v) is 10.7. The molecule has 0 radical (unpaired) electrons. The monoisotopic (exact) mass is 314 g/mol. The van der Waals surface area contributed by atoms with Crippen molar-refractivity contribution in [3.8, 4) is 5.75 Å². The SMILES string of the molecule is CCOC(=O)c1ncc(CN)c(OC(F)(F)F)c1C(F)F. The van der Waals surface area contributed by atoms with E-state index in [1.807, 2.05) is 0 Å². The largest absolute Gasteiger partial charge is 0.573 e. The van der Waals surface area contributed by atoms with Crippen LogP contribution in [0.25, 0.3) is 0 Å². The Balaban J connectivity index is 3.48. The van der Waals surface area contributed by atoms with Gasteiger partial charge in [0.2, 0.25) is 0 Å². The lowest BCUT2D eigenvalue weighted by Crippen LogP contribution is -2.22. The summed E-state index contributed by atoms with van der Waals surface area (Å²) in [5.74, 6) is -2.50. The molecule has 1 aromatic heterocycles. The first-order valence-corrected chi connectivity index (χ1v) is 5.64. The van der Waals surface area contributed by atoms with Crippen LogP contribution in [0.2, 0.25) is 0 Å². The second-order valence-corrected chi connectivity index (χ2v) is 3.65. The molecule has 0 fully saturated rings. The highest BCUT2D eigenvalue weighted by atomic mass is 19.4. The standard InChI is InChI=1S/C11H11F5N2O3/c1-2-20-10(19)7-6(9(12)13)8(21-11(14,15)16)5(3-17)4-18-7/h4,9H,2-3,17H2,1H3. The van der Waals surface area contributed by atoms with E-state index < -0.39 is 47.9 Å². The van der Waals surface area contributed by atoms with Gasteiger partial charge in [0.15, 0.2) is 5.69 Å². The number of alkyl halides is 5. The van der Waals surface area contributed by atoms with Gasteiger partial charge in [0.1, 0.15) is 5.75 Å². The third kappa shape index (κ3) is 4.25. The first-order valence-electron chi connectivity index (χ1n) is 5.64. The Morgan fingerprint density at radius 2 is 2.05 bits per heavy atom. The molecule has 1 aromatic rings. The Kier molecular flexibility index (Phi) is 5.41. The molecule has 10 heteroatoms. The molecule has 0 amide bonds. The summed E-state index contributed by atoms with van der Waals surface area (Å²) in [6.45, 7) is 0.722. The lowest BCUT2D eigenvalue weighted by molar-refractivity contribution is -0.275. The molecule has 0 bridgehead atoms. The lowest BCUT2D eigenvalue weighted by Gasteiger charge is -2.17. The van der Waals surface area contributed by atoms with E-state index in [0.717, 1.165) is 6.20 Å². The number of aromatic nitrogens is 1. The summed E-state index contributed by atoms with van der Waals surface area (Å²) in [6.07, 6.45) is -7.89. The Morgan fingerprint density at radius 1 is 1.43 bits per heavy atom. The zero-order valence-electron chi connectivity index (χ0n) is 10.7. The van der Waals surface area contributed by atoms with Crippen LogP contribution in [0.1, 0.15) is 35.0 Å². The third-order valence-electron chi connectivity index (χ3n) is 2.27. The van der Waals surface area contributed by atoms with Crippen LogP contribution < -0.4 is 10.5 Å². The number of hydrogen-bond acceptors (Lipinski definition) is 5. The van der Waals surface area contributed by atoms with Crippen LogP contribution in [0.15, 0.2) is 6.20 Å². The second kappa shape index (κ2) is 6.66. The summed E-state index contributed by atoms with van der Waals surface area (Å²) in [4.78, 5) is 14.9. The average molecular weight is 314 g/mol. The van der Waals surface area contributed by atoms with E-state index in [9.17, 15) is 26.7 Å². The van der Waals surface area contributed by atoms with Crippen molar-refractivity contribution in [2.24, 2.45) is 5.73 Å². The maximum atomic E-state index is 13.0. The van der Waals surface area contributed by atoms with Crippen molar-refractivity contribution in [1.29, 1.82) is 0 Å².